The molecule has 0 saturated carbocycles. The lowest BCUT2D eigenvalue weighted by Gasteiger charge is -2.28. The molecular formula is C19H17N3O3S3. The number of nitrogens with one attached hydrogen (secondary N) is 2. The van der Waals surface area contributed by atoms with Crippen LogP contribution in [0.2, 0.25) is 0 Å². The number of hydrogen-bond acceptors (Lipinski definition) is 7. The Morgan fingerprint density at radius 3 is 2.89 bits per heavy atom. The molecule has 1 aliphatic rings. The topological polar surface area (TPSA) is 80.3 Å². The number of ether oxygens (including phenoxy) is 1. The summed E-state index contributed by atoms with van der Waals surface area (Å²) in [5, 5.41) is 7.55. The summed E-state index contributed by atoms with van der Waals surface area (Å²) < 4.78 is 7.26. The fourth-order valence-electron chi connectivity index (χ4n) is 2.90. The van der Waals surface area contributed by atoms with Crippen molar-refractivity contribution in [2.24, 2.45) is 0 Å². The maximum absolute atomic E-state index is 12.7. The Morgan fingerprint density at radius 2 is 2.14 bits per heavy atom. The van der Waals surface area contributed by atoms with Crippen molar-refractivity contribution in [2.75, 3.05) is 12.4 Å². The molecule has 2 aromatic heterocycles. The highest BCUT2D eigenvalue weighted by Crippen LogP contribution is 2.34. The van der Waals surface area contributed by atoms with Gasteiger partial charge in [-0.2, -0.15) is 0 Å². The van der Waals surface area contributed by atoms with Crippen LogP contribution in [0, 0.1) is 0 Å². The van der Waals surface area contributed by atoms with E-state index in [2.05, 4.69) is 15.6 Å². The van der Waals surface area contributed by atoms with Crippen molar-refractivity contribution in [3.05, 3.63) is 57.9 Å². The normalized spacial score (nSPS) is 16.8. The summed E-state index contributed by atoms with van der Waals surface area (Å²) in [4.78, 5) is 30.4. The van der Waals surface area contributed by atoms with Crippen molar-refractivity contribution in [3.63, 3.8) is 0 Å². The van der Waals surface area contributed by atoms with Crippen molar-refractivity contribution in [2.45, 2.75) is 17.3 Å². The van der Waals surface area contributed by atoms with Gasteiger partial charge in [-0.15, -0.1) is 22.7 Å². The molecule has 4 rings (SSSR count). The number of benzene rings is 1. The van der Waals surface area contributed by atoms with E-state index in [1.54, 1.807) is 18.3 Å². The third kappa shape index (κ3) is 3.91. The van der Waals surface area contributed by atoms with Gasteiger partial charge in [0.05, 0.1) is 28.4 Å². The fourth-order valence-corrected chi connectivity index (χ4v) is 5.72. The number of para-hydroxylation sites is 1. The Hall–Kier alpha value is -2.36. The Balaban J connectivity index is 1.65. The number of amides is 2. The number of thiophene rings is 1. The number of fused-ring (bicyclic) bond motifs is 1. The van der Waals surface area contributed by atoms with E-state index in [-0.39, 0.29) is 12.6 Å². The molecular weight excluding hydrogens is 414 g/mol. The van der Waals surface area contributed by atoms with Crippen LogP contribution in [0.5, 0.6) is 0 Å². The molecule has 0 fully saturated rings. The molecule has 1 aromatic carbocycles. The number of urea groups is 1. The Kier molecular flexibility index (Phi) is 5.65. The molecule has 0 aliphatic carbocycles. The Bertz CT molecular complexity index is 1010. The first kappa shape index (κ1) is 19.0. The lowest BCUT2D eigenvalue weighted by atomic mass is 10.0. The quantitative estimate of drug-likeness (QED) is 0.449. The van der Waals surface area contributed by atoms with E-state index in [9.17, 15) is 9.59 Å². The zero-order valence-electron chi connectivity index (χ0n) is 14.9. The lowest BCUT2D eigenvalue weighted by Crippen LogP contribution is -2.46. The molecule has 3 aromatic rings. The summed E-state index contributed by atoms with van der Waals surface area (Å²) in [5.74, 6) is -0.00296. The second kappa shape index (κ2) is 8.34. The fraction of sp³-hybridized carbons (Fsp3) is 0.211. The molecule has 2 amide bonds. The molecule has 1 aliphatic heterocycles. The summed E-state index contributed by atoms with van der Waals surface area (Å²) in [6.45, 7) is 2.04. The molecule has 0 spiro atoms. The van der Waals surface area contributed by atoms with Gasteiger partial charge in [0.15, 0.2) is 4.34 Å². The monoisotopic (exact) mass is 431 g/mol. The van der Waals surface area contributed by atoms with Gasteiger partial charge in [-0.3, -0.25) is 0 Å². The van der Waals surface area contributed by atoms with Crippen LogP contribution in [0.1, 0.15) is 17.8 Å². The van der Waals surface area contributed by atoms with Crippen LogP contribution in [0.3, 0.4) is 0 Å². The standard InChI is InChI=1S/C19H17N3O3S3/c1-2-25-17(23)15-12(20-18(24)22-16(15)14-8-5-9-26-14)10-27-19-21-11-6-3-4-7-13(11)28-19/h3-9,16H,2,10H2,1H3,(H2,20,22,24). The van der Waals surface area contributed by atoms with Crippen LogP contribution in [-0.2, 0) is 9.53 Å². The molecule has 1 atom stereocenters. The Morgan fingerprint density at radius 1 is 1.29 bits per heavy atom. The zero-order valence-corrected chi connectivity index (χ0v) is 17.4. The number of carbonyl (C=O) groups is 2. The number of carbonyl (C=O) groups excluding carboxylic acids is 2. The van der Waals surface area contributed by atoms with Gasteiger partial charge in [0.25, 0.3) is 0 Å². The van der Waals surface area contributed by atoms with E-state index in [0.29, 0.717) is 17.0 Å². The van der Waals surface area contributed by atoms with Gasteiger partial charge in [-0.25, -0.2) is 14.6 Å². The number of hydrogen-bond donors (Lipinski definition) is 2. The van der Waals surface area contributed by atoms with E-state index < -0.39 is 12.0 Å². The van der Waals surface area contributed by atoms with Gasteiger partial charge >= 0.3 is 12.0 Å². The average Bonchev–Trinajstić information content (AvgIpc) is 3.35. The minimum atomic E-state index is -0.515. The molecule has 0 bridgehead atoms. The first-order valence-electron chi connectivity index (χ1n) is 8.65. The molecule has 3 heterocycles. The van der Waals surface area contributed by atoms with Crippen molar-refractivity contribution in [1.82, 2.24) is 15.6 Å². The van der Waals surface area contributed by atoms with Crippen LogP contribution < -0.4 is 10.6 Å². The van der Waals surface area contributed by atoms with Crippen molar-refractivity contribution in [1.29, 1.82) is 0 Å². The number of rotatable bonds is 6. The molecule has 2 N–H and O–H groups in total. The smallest absolute Gasteiger partial charge is 0.338 e. The van der Waals surface area contributed by atoms with Gasteiger partial charge in [0.1, 0.15) is 0 Å². The minimum Gasteiger partial charge on any atom is -0.463 e. The first-order valence-corrected chi connectivity index (χ1v) is 11.3. The number of thiazole rings is 1. The first-order chi connectivity index (χ1) is 13.7. The highest BCUT2D eigenvalue weighted by molar-refractivity contribution is 8.01. The third-order valence-electron chi connectivity index (χ3n) is 4.09. The molecule has 144 valence electrons. The lowest BCUT2D eigenvalue weighted by molar-refractivity contribution is -0.139. The molecule has 28 heavy (non-hydrogen) atoms. The zero-order chi connectivity index (χ0) is 19.5. The maximum atomic E-state index is 12.7. The summed E-state index contributed by atoms with van der Waals surface area (Å²) in [6, 6.07) is 10.9. The summed E-state index contributed by atoms with van der Waals surface area (Å²) in [5.41, 5.74) is 1.95. The highest BCUT2D eigenvalue weighted by atomic mass is 32.2. The SMILES string of the molecule is CCOC(=O)C1=C(CSc2nc3ccccc3s2)NC(=O)NC1c1cccs1. The molecule has 0 saturated heterocycles. The maximum Gasteiger partial charge on any atom is 0.338 e. The number of esters is 1. The van der Waals surface area contributed by atoms with Crippen molar-refractivity contribution in [3.8, 4) is 0 Å². The van der Waals surface area contributed by atoms with Crippen LogP contribution in [0.25, 0.3) is 10.2 Å². The van der Waals surface area contributed by atoms with Gasteiger partial charge < -0.3 is 15.4 Å². The second-order valence-corrected chi connectivity index (χ2v) is 9.13. The van der Waals surface area contributed by atoms with Crippen LogP contribution in [-0.4, -0.2) is 29.3 Å². The molecule has 6 nitrogen and oxygen atoms in total. The number of thioether (sulfide) groups is 1. The summed E-state index contributed by atoms with van der Waals surface area (Å²) >= 11 is 4.58. The second-order valence-electron chi connectivity index (χ2n) is 5.90. The molecule has 9 heteroatoms. The van der Waals surface area contributed by atoms with Gasteiger partial charge in [-0.1, -0.05) is 30.0 Å². The largest absolute Gasteiger partial charge is 0.463 e. The Labute approximate surface area is 174 Å². The van der Waals surface area contributed by atoms with Crippen molar-refractivity contribution >= 4 is 56.7 Å². The third-order valence-corrected chi connectivity index (χ3v) is 7.23. The van der Waals surface area contributed by atoms with E-state index in [4.69, 9.17) is 4.74 Å². The van der Waals surface area contributed by atoms with Crippen LogP contribution in [0.15, 0.2) is 57.4 Å². The minimum absolute atomic E-state index is 0.270. The van der Waals surface area contributed by atoms with Gasteiger partial charge in [-0.05, 0) is 30.5 Å². The van der Waals surface area contributed by atoms with Crippen LogP contribution in [0.4, 0.5) is 4.79 Å². The summed E-state index contributed by atoms with van der Waals surface area (Å²) in [6.07, 6.45) is 0. The average molecular weight is 432 g/mol. The van der Waals surface area contributed by atoms with E-state index in [0.717, 1.165) is 19.4 Å². The molecule has 0 radical (unpaired) electrons. The van der Waals surface area contributed by atoms with Crippen LogP contribution >= 0.6 is 34.4 Å². The summed E-state index contributed by atoms with van der Waals surface area (Å²) in [7, 11) is 0. The van der Waals surface area contributed by atoms with E-state index >= 15 is 0 Å². The number of aromatic nitrogens is 1. The predicted molar refractivity (Wildman–Crippen MR) is 113 cm³/mol. The van der Waals surface area contributed by atoms with Gasteiger partial charge in [0, 0.05) is 16.3 Å². The van der Waals surface area contributed by atoms with E-state index in [1.807, 2.05) is 41.8 Å². The molecule has 1 unspecified atom stereocenters. The van der Waals surface area contributed by atoms with E-state index in [1.165, 1.54) is 23.1 Å². The number of nitrogens with zero attached hydrogens (tertiary/aromatic N) is 1. The predicted octanol–water partition coefficient (Wildman–Crippen LogP) is 4.32. The van der Waals surface area contributed by atoms with Crippen molar-refractivity contribution < 1.29 is 14.3 Å². The van der Waals surface area contributed by atoms with Gasteiger partial charge in [0.2, 0.25) is 0 Å². The highest BCUT2D eigenvalue weighted by Gasteiger charge is 2.34.